The molecule has 0 radical (unpaired) electrons. The van der Waals surface area contributed by atoms with Crippen LogP contribution in [0.4, 0.5) is 17.6 Å². The van der Waals surface area contributed by atoms with Crippen molar-refractivity contribution in [2.45, 2.75) is 38.0 Å². The molecule has 0 fully saturated rings. The zero-order valence-corrected chi connectivity index (χ0v) is 20.5. The van der Waals surface area contributed by atoms with Crippen LogP contribution in [0.3, 0.4) is 0 Å². The number of hydrogen-bond acceptors (Lipinski definition) is 4. The number of aromatic carboxylic acids is 3. The molecule has 0 saturated heterocycles. The first-order valence-electron chi connectivity index (χ1n) is 11.9. The van der Waals surface area contributed by atoms with Gasteiger partial charge in [0.2, 0.25) is 0 Å². The van der Waals surface area contributed by atoms with Gasteiger partial charge in [-0.3, -0.25) is 4.79 Å². The lowest BCUT2D eigenvalue weighted by Gasteiger charge is -2.37. The Hall–Kier alpha value is -4.74. The molecule has 3 aromatic carbocycles. The molecular formula is C28H21F4NO7. The van der Waals surface area contributed by atoms with Crippen molar-refractivity contribution >= 4 is 23.8 Å². The molecule has 0 aliphatic heterocycles. The van der Waals surface area contributed by atoms with Gasteiger partial charge in [-0.15, -0.1) is 0 Å². The number of rotatable bonds is 7. The quantitative estimate of drug-likeness (QED) is 0.318. The van der Waals surface area contributed by atoms with Crippen molar-refractivity contribution in [2.24, 2.45) is 0 Å². The third kappa shape index (κ3) is 5.37. The van der Waals surface area contributed by atoms with Crippen LogP contribution in [0.15, 0.2) is 54.6 Å². The Morgan fingerprint density at radius 1 is 0.850 bits per heavy atom. The first kappa shape index (κ1) is 28.3. The van der Waals surface area contributed by atoms with E-state index in [1.165, 1.54) is 0 Å². The summed E-state index contributed by atoms with van der Waals surface area (Å²) in [5, 5.41) is 29.2. The van der Waals surface area contributed by atoms with Crippen LogP contribution in [-0.4, -0.2) is 44.0 Å². The topological polar surface area (TPSA) is 132 Å². The molecule has 1 aliphatic carbocycles. The predicted molar refractivity (Wildman–Crippen MR) is 131 cm³/mol. The highest BCUT2D eigenvalue weighted by molar-refractivity contribution is 6.15. The fourth-order valence-corrected chi connectivity index (χ4v) is 5.01. The predicted octanol–water partition coefficient (Wildman–Crippen LogP) is 5.66. The fourth-order valence-electron chi connectivity index (χ4n) is 5.01. The SMILES string of the molecule is O=C(O)c1ccc(C(=O)O)c(C(=O)N(Cc2ccc(F)c(C(F)(F)F)c2)[C@H]2CCCc3ccccc32)c1C(=O)O. The van der Waals surface area contributed by atoms with E-state index in [1.807, 2.05) is 0 Å². The van der Waals surface area contributed by atoms with Crippen LogP contribution < -0.4 is 0 Å². The Kier molecular flexibility index (Phi) is 7.63. The molecule has 1 aliphatic rings. The largest absolute Gasteiger partial charge is 0.478 e. The average molecular weight is 559 g/mol. The Morgan fingerprint density at radius 2 is 1.48 bits per heavy atom. The van der Waals surface area contributed by atoms with Gasteiger partial charge < -0.3 is 20.2 Å². The van der Waals surface area contributed by atoms with Gasteiger partial charge in [-0.2, -0.15) is 13.2 Å². The summed E-state index contributed by atoms with van der Waals surface area (Å²) in [5.41, 5.74) is -3.93. The van der Waals surface area contributed by atoms with E-state index < -0.39 is 76.2 Å². The van der Waals surface area contributed by atoms with E-state index in [2.05, 4.69) is 0 Å². The van der Waals surface area contributed by atoms with Crippen molar-refractivity contribution in [1.29, 1.82) is 0 Å². The molecule has 0 saturated carbocycles. The standard InChI is InChI=1S/C28H21F4NO7/c29-20-11-8-14(12-19(20)28(30,31)32)13-33(21-7-3-5-15-4-1-2-6-16(15)21)24(34)22-17(25(35)36)9-10-18(26(37)38)23(22)27(39)40/h1-2,4,6,8-12,21H,3,5,7,13H2,(H,35,36)(H,37,38)(H,39,40)/t21-/m0/s1. The van der Waals surface area contributed by atoms with Crippen LogP contribution in [0.2, 0.25) is 0 Å². The summed E-state index contributed by atoms with van der Waals surface area (Å²) in [7, 11) is 0. The minimum Gasteiger partial charge on any atom is -0.478 e. The summed E-state index contributed by atoms with van der Waals surface area (Å²) in [6.07, 6.45) is -3.59. The first-order valence-corrected chi connectivity index (χ1v) is 11.9. The zero-order chi connectivity index (χ0) is 29.4. The second-order valence-electron chi connectivity index (χ2n) is 9.18. The lowest BCUT2D eigenvalue weighted by atomic mass is 9.85. The molecule has 1 atom stereocenters. The molecule has 0 bridgehead atoms. The number of hydrogen-bond donors (Lipinski definition) is 3. The Balaban J connectivity index is 1.96. The number of carboxylic acid groups (broad SMARTS) is 3. The molecule has 0 aromatic heterocycles. The first-order chi connectivity index (χ1) is 18.8. The van der Waals surface area contributed by atoms with Crippen molar-refractivity contribution in [1.82, 2.24) is 4.90 Å². The Bertz CT molecular complexity index is 1530. The van der Waals surface area contributed by atoms with Crippen LogP contribution in [-0.2, 0) is 19.1 Å². The minimum absolute atomic E-state index is 0.159. The number of carbonyl (C=O) groups is 4. The van der Waals surface area contributed by atoms with Crippen molar-refractivity contribution in [3.05, 3.63) is 105 Å². The minimum atomic E-state index is -5.05. The van der Waals surface area contributed by atoms with E-state index in [-0.39, 0.29) is 5.56 Å². The number of halogens is 4. The molecule has 4 rings (SSSR count). The smallest absolute Gasteiger partial charge is 0.419 e. The highest BCUT2D eigenvalue weighted by Crippen LogP contribution is 2.38. The van der Waals surface area contributed by atoms with E-state index in [9.17, 15) is 52.1 Å². The lowest BCUT2D eigenvalue weighted by Crippen LogP contribution is -2.38. The molecule has 8 nitrogen and oxygen atoms in total. The number of carbonyl (C=O) groups excluding carboxylic acids is 1. The van der Waals surface area contributed by atoms with Crippen LogP contribution >= 0.6 is 0 Å². The fraction of sp³-hybridized carbons (Fsp3) is 0.214. The summed E-state index contributed by atoms with van der Waals surface area (Å²) in [5.74, 6) is -8.07. The van der Waals surface area contributed by atoms with Gasteiger partial charge in [0, 0.05) is 6.54 Å². The number of benzene rings is 3. The summed E-state index contributed by atoms with van der Waals surface area (Å²) < 4.78 is 54.3. The summed E-state index contributed by atoms with van der Waals surface area (Å²) in [4.78, 5) is 51.2. The summed E-state index contributed by atoms with van der Waals surface area (Å²) >= 11 is 0. The number of alkyl halides is 3. The maximum absolute atomic E-state index is 14.1. The van der Waals surface area contributed by atoms with Gasteiger partial charge in [0.25, 0.3) is 5.91 Å². The van der Waals surface area contributed by atoms with Crippen LogP contribution in [0.5, 0.6) is 0 Å². The van der Waals surface area contributed by atoms with Crippen LogP contribution in [0, 0.1) is 5.82 Å². The van der Waals surface area contributed by atoms with Crippen molar-refractivity contribution in [3.8, 4) is 0 Å². The number of amides is 1. The van der Waals surface area contributed by atoms with Crippen molar-refractivity contribution in [3.63, 3.8) is 0 Å². The molecular weight excluding hydrogens is 538 g/mol. The average Bonchev–Trinajstić information content (AvgIpc) is 2.90. The van der Waals surface area contributed by atoms with E-state index in [0.29, 0.717) is 37.0 Å². The molecule has 208 valence electrons. The van der Waals surface area contributed by atoms with Gasteiger partial charge in [0.1, 0.15) is 5.82 Å². The van der Waals surface area contributed by atoms with Crippen LogP contribution in [0.1, 0.15) is 82.6 Å². The number of aryl methyl sites for hydroxylation is 1. The highest BCUT2D eigenvalue weighted by atomic mass is 19.4. The molecule has 0 heterocycles. The molecule has 12 heteroatoms. The zero-order valence-electron chi connectivity index (χ0n) is 20.5. The number of nitrogens with zero attached hydrogens (tertiary/aromatic N) is 1. The second-order valence-corrected chi connectivity index (χ2v) is 9.18. The van der Waals surface area contributed by atoms with E-state index >= 15 is 0 Å². The Labute approximate surface area is 224 Å². The second kappa shape index (κ2) is 10.8. The molecule has 0 unspecified atom stereocenters. The third-order valence-electron chi connectivity index (χ3n) is 6.76. The van der Waals surface area contributed by atoms with E-state index in [0.717, 1.165) is 28.7 Å². The normalized spacial score (nSPS) is 14.8. The Morgan fingerprint density at radius 3 is 2.08 bits per heavy atom. The number of fused-ring (bicyclic) bond motifs is 1. The van der Waals surface area contributed by atoms with Gasteiger partial charge in [-0.1, -0.05) is 30.3 Å². The summed E-state index contributed by atoms with van der Waals surface area (Å²) in [6.45, 7) is -0.587. The van der Waals surface area contributed by atoms with E-state index in [1.54, 1.807) is 24.3 Å². The van der Waals surface area contributed by atoms with Gasteiger partial charge in [-0.05, 0) is 60.2 Å². The molecule has 0 spiro atoms. The molecule has 40 heavy (non-hydrogen) atoms. The van der Waals surface area contributed by atoms with Crippen molar-refractivity contribution in [2.75, 3.05) is 0 Å². The highest BCUT2D eigenvalue weighted by Gasteiger charge is 2.38. The molecule has 3 N–H and O–H groups in total. The van der Waals surface area contributed by atoms with Gasteiger partial charge in [-0.25, -0.2) is 18.8 Å². The third-order valence-corrected chi connectivity index (χ3v) is 6.76. The molecule has 3 aromatic rings. The van der Waals surface area contributed by atoms with Gasteiger partial charge in [0.05, 0.1) is 33.9 Å². The van der Waals surface area contributed by atoms with E-state index in [4.69, 9.17) is 0 Å². The lowest BCUT2D eigenvalue weighted by molar-refractivity contribution is -0.140. The monoisotopic (exact) mass is 559 g/mol. The molecule has 1 amide bonds. The van der Waals surface area contributed by atoms with Gasteiger partial charge in [0.15, 0.2) is 0 Å². The maximum Gasteiger partial charge on any atom is 0.419 e. The van der Waals surface area contributed by atoms with Crippen molar-refractivity contribution < 1.29 is 52.1 Å². The number of carboxylic acids is 3. The maximum atomic E-state index is 14.1. The van der Waals surface area contributed by atoms with Gasteiger partial charge >= 0.3 is 24.1 Å². The summed E-state index contributed by atoms with van der Waals surface area (Å²) in [6, 6.07) is 9.76. The van der Waals surface area contributed by atoms with Crippen LogP contribution in [0.25, 0.3) is 0 Å².